The summed E-state index contributed by atoms with van der Waals surface area (Å²) in [7, 11) is 0. The van der Waals surface area contributed by atoms with Crippen molar-refractivity contribution in [2.75, 3.05) is 31.6 Å². The van der Waals surface area contributed by atoms with Crippen LogP contribution in [-0.2, 0) is 4.74 Å². The number of hydrogen-bond donors (Lipinski definition) is 2. The van der Waals surface area contributed by atoms with Crippen LogP contribution in [0.5, 0.6) is 0 Å². The number of nitrogens with one attached hydrogen (secondary N) is 2. The van der Waals surface area contributed by atoms with Crippen LogP contribution < -0.4 is 10.6 Å². The predicted octanol–water partition coefficient (Wildman–Crippen LogP) is 2.19. The van der Waals surface area contributed by atoms with Gasteiger partial charge < -0.3 is 15.4 Å². The summed E-state index contributed by atoms with van der Waals surface area (Å²) in [6, 6.07) is 3.92. The molecule has 0 saturated carbocycles. The third-order valence-electron chi connectivity index (χ3n) is 2.34. The molecule has 1 aromatic rings. The van der Waals surface area contributed by atoms with E-state index in [1.165, 1.54) is 0 Å². The highest BCUT2D eigenvalue weighted by atomic mass is 35.5. The maximum absolute atomic E-state index is 5.83. The lowest BCUT2D eigenvalue weighted by atomic mass is 10.2. The molecule has 0 bridgehead atoms. The number of ether oxygens (including phenoxy) is 1. The highest BCUT2D eigenvalue weighted by Crippen LogP contribution is 2.25. The third-order valence-corrected chi connectivity index (χ3v) is 3.53. The van der Waals surface area contributed by atoms with E-state index in [4.69, 9.17) is 16.3 Å². The molecule has 84 valence electrons. The van der Waals surface area contributed by atoms with Gasteiger partial charge in [-0.15, -0.1) is 11.3 Å². The molecule has 1 unspecified atom stereocenters. The Hall–Kier alpha value is -0.290. The molecule has 2 heterocycles. The van der Waals surface area contributed by atoms with Crippen LogP contribution in [-0.4, -0.2) is 32.3 Å². The maximum atomic E-state index is 5.83. The van der Waals surface area contributed by atoms with Gasteiger partial charge in [-0.05, 0) is 18.6 Å². The first-order valence-corrected chi connectivity index (χ1v) is 6.35. The van der Waals surface area contributed by atoms with E-state index < -0.39 is 0 Å². The van der Waals surface area contributed by atoms with E-state index in [1.54, 1.807) is 11.3 Å². The number of thiophene rings is 1. The number of morpholine rings is 1. The number of anilines is 1. The molecule has 2 N–H and O–H groups in total. The summed E-state index contributed by atoms with van der Waals surface area (Å²) in [5.74, 6) is 0. The molecule has 0 aliphatic carbocycles. The fourth-order valence-corrected chi connectivity index (χ4v) is 2.54. The van der Waals surface area contributed by atoms with Gasteiger partial charge in [0.2, 0.25) is 0 Å². The van der Waals surface area contributed by atoms with Crippen molar-refractivity contribution in [1.29, 1.82) is 0 Å². The summed E-state index contributed by atoms with van der Waals surface area (Å²) in [6.07, 6.45) is 1.38. The molecule has 15 heavy (non-hydrogen) atoms. The van der Waals surface area contributed by atoms with E-state index in [9.17, 15) is 0 Å². The van der Waals surface area contributed by atoms with E-state index in [0.717, 1.165) is 42.0 Å². The second kappa shape index (κ2) is 5.70. The molecule has 3 nitrogen and oxygen atoms in total. The SMILES string of the molecule is Clc1ccc(NCCC2CNCCO2)s1. The largest absolute Gasteiger partial charge is 0.377 e. The zero-order chi connectivity index (χ0) is 10.5. The van der Waals surface area contributed by atoms with Gasteiger partial charge in [0.15, 0.2) is 0 Å². The van der Waals surface area contributed by atoms with Crippen molar-refractivity contribution < 1.29 is 4.74 Å². The van der Waals surface area contributed by atoms with Crippen LogP contribution in [0.2, 0.25) is 4.34 Å². The zero-order valence-corrected chi connectivity index (χ0v) is 10.0. The van der Waals surface area contributed by atoms with Gasteiger partial charge in [0, 0.05) is 19.6 Å². The average molecular weight is 247 g/mol. The van der Waals surface area contributed by atoms with Crippen molar-refractivity contribution in [3.05, 3.63) is 16.5 Å². The van der Waals surface area contributed by atoms with E-state index in [2.05, 4.69) is 10.6 Å². The Bertz CT molecular complexity index is 299. The molecule has 5 heteroatoms. The summed E-state index contributed by atoms with van der Waals surface area (Å²) in [5.41, 5.74) is 0. The van der Waals surface area contributed by atoms with Crippen molar-refractivity contribution in [1.82, 2.24) is 5.32 Å². The molecule has 1 atom stereocenters. The zero-order valence-electron chi connectivity index (χ0n) is 8.46. The normalized spacial score (nSPS) is 21.5. The summed E-state index contributed by atoms with van der Waals surface area (Å²) in [4.78, 5) is 0. The molecule has 1 saturated heterocycles. The Morgan fingerprint density at radius 3 is 3.20 bits per heavy atom. The van der Waals surface area contributed by atoms with Crippen LogP contribution in [0.1, 0.15) is 6.42 Å². The Labute approximate surface area is 98.8 Å². The van der Waals surface area contributed by atoms with Gasteiger partial charge in [0.25, 0.3) is 0 Å². The molecule has 0 spiro atoms. The van der Waals surface area contributed by atoms with Crippen molar-refractivity contribution >= 4 is 27.9 Å². The van der Waals surface area contributed by atoms with E-state index in [-0.39, 0.29) is 0 Å². The molecular formula is C10H15ClN2OS. The molecule has 0 radical (unpaired) electrons. The molecule has 1 aliphatic heterocycles. The quantitative estimate of drug-likeness (QED) is 0.855. The Morgan fingerprint density at radius 1 is 1.60 bits per heavy atom. The fourth-order valence-electron chi connectivity index (χ4n) is 1.57. The van der Waals surface area contributed by atoms with Gasteiger partial charge in [-0.2, -0.15) is 0 Å². The predicted molar refractivity (Wildman–Crippen MR) is 65.0 cm³/mol. The fraction of sp³-hybridized carbons (Fsp3) is 0.600. The van der Waals surface area contributed by atoms with E-state index >= 15 is 0 Å². The maximum Gasteiger partial charge on any atom is 0.0950 e. The highest BCUT2D eigenvalue weighted by molar-refractivity contribution is 7.19. The van der Waals surface area contributed by atoms with Crippen LogP contribution in [0, 0.1) is 0 Å². The number of halogens is 1. The molecular weight excluding hydrogens is 232 g/mol. The van der Waals surface area contributed by atoms with Gasteiger partial charge in [0.1, 0.15) is 0 Å². The van der Waals surface area contributed by atoms with Gasteiger partial charge >= 0.3 is 0 Å². The number of rotatable bonds is 4. The second-order valence-corrected chi connectivity index (χ2v) is 5.23. The summed E-state index contributed by atoms with van der Waals surface area (Å²) in [6.45, 7) is 3.70. The lowest BCUT2D eigenvalue weighted by molar-refractivity contribution is 0.0258. The minimum absolute atomic E-state index is 0.349. The molecule has 0 amide bonds. The van der Waals surface area contributed by atoms with Gasteiger partial charge in [0.05, 0.1) is 22.0 Å². The highest BCUT2D eigenvalue weighted by Gasteiger charge is 2.12. The Kier molecular flexibility index (Phi) is 4.26. The summed E-state index contributed by atoms with van der Waals surface area (Å²) >= 11 is 7.40. The van der Waals surface area contributed by atoms with Gasteiger partial charge in [-0.1, -0.05) is 11.6 Å². The van der Waals surface area contributed by atoms with Gasteiger partial charge in [-0.3, -0.25) is 0 Å². The van der Waals surface area contributed by atoms with Crippen LogP contribution >= 0.6 is 22.9 Å². The molecule has 0 aromatic carbocycles. The lowest BCUT2D eigenvalue weighted by Gasteiger charge is -2.23. The second-order valence-electron chi connectivity index (χ2n) is 3.52. The minimum Gasteiger partial charge on any atom is -0.377 e. The molecule has 1 fully saturated rings. The molecule has 2 rings (SSSR count). The van der Waals surface area contributed by atoms with Crippen LogP contribution in [0.25, 0.3) is 0 Å². The third kappa shape index (κ3) is 3.65. The van der Waals surface area contributed by atoms with Crippen LogP contribution in [0.4, 0.5) is 5.00 Å². The number of hydrogen-bond acceptors (Lipinski definition) is 4. The summed E-state index contributed by atoms with van der Waals surface area (Å²) in [5, 5.41) is 7.78. The molecule has 1 aliphatic rings. The van der Waals surface area contributed by atoms with Crippen molar-refractivity contribution in [2.24, 2.45) is 0 Å². The summed E-state index contributed by atoms with van der Waals surface area (Å²) < 4.78 is 6.42. The lowest BCUT2D eigenvalue weighted by Crippen LogP contribution is -2.39. The van der Waals surface area contributed by atoms with E-state index in [1.807, 2.05) is 12.1 Å². The monoisotopic (exact) mass is 246 g/mol. The van der Waals surface area contributed by atoms with Crippen LogP contribution in [0.15, 0.2) is 12.1 Å². The van der Waals surface area contributed by atoms with Gasteiger partial charge in [-0.25, -0.2) is 0 Å². The minimum atomic E-state index is 0.349. The van der Waals surface area contributed by atoms with E-state index in [0.29, 0.717) is 6.10 Å². The van der Waals surface area contributed by atoms with Crippen molar-refractivity contribution in [3.8, 4) is 0 Å². The first-order valence-electron chi connectivity index (χ1n) is 5.16. The Morgan fingerprint density at radius 2 is 2.53 bits per heavy atom. The smallest absolute Gasteiger partial charge is 0.0950 e. The van der Waals surface area contributed by atoms with Crippen molar-refractivity contribution in [2.45, 2.75) is 12.5 Å². The first-order chi connectivity index (χ1) is 7.34. The standard InChI is InChI=1S/C10H15ClN2OS/c11-9-1-2-10(15-9)13-4-3-8-7-12-5-6-14-8/h1-2,8,12-13H,3-7H2. The first kappa shape index (κ1) is 11.2. The van der Waals surface area contributed by atoms with Crippen LogP contribution in [0.3, 0.4) is 0 Å². The topological polar surface area (TPSA) is 33.3 Å². The average Bonchev–Trinajstić information content (AvgIpc) is 2.66. The van der Waals surface area contributed by atoms with Crippen molar-refractivity contribution in [3.63, 3.8) is 0 Å². The Balaban J connectivity index is 1.65. The molecule has 1 aromatic heterocycles.